The highest BCUT2D eigenvalue weighted by molar-refractivity contribution is 5.29. The summed E-state index contributed by atoms with van der Waals surface area (Å²) in [7, 11) is 0. The van der Waals surface area contributed by atoms with Crippen molar-refractivity contribution in [2.75, 3.05) is 6.61 Å². The van der Waals surface area contributed by atoms with E-state index in [1.165, 1.54) is 0 Å². The van der Waals surface area contributed by atoms with Crippen molar-refractivity contribution in [1.29, 1.82) is 0 Å². The van der Waals surface area contributed by atoms with Crippen LogP contribution < -0.4 is 0 Å². The third-order valence-electron chi connectivity index (χ3n) is 3.65. The predicted octanol–water partition coefficient (Wildman–Crippen LogP) is 3.14. The molecule has 0 aliphatic carbocycles. The van der Waals surface area contributed by atoms with E-state index in [0.29, 0.717) is 0 Å². The summed E-state index contributed by atoms with van der Waals surface area (Å²) in [4.78, 5) is 0. The van der Waals surface area contributed by atoms with Gasteiger partial charge in [0.25, 0.3) is 0 Å². The van der Waals surface area contributed by atoms with E-state index in [1.807, 2.05) is 61.5 Å². The molecule has 20 heavy (non-hydrogen) atoms. The van der Waals surface area contributed by atoms with Gasteiger partial charge in [0, 0.05) is 5.56 Å². The molecule has 0 aromatic heterocycles. The maximum absolute atomic E-state index is 9.55. The van der Waals surface area contributed by atoms with Crippen molar-refractivity contribution in [3.8, 4) is 0 Å². The van der Waals surface area contributed by atoms with Gasteiger partial charge in [-0.25, -0.2) is 0 Å². The number of hydrogen-bond donors (Lipinski definition) is 1. The van der Waals surface area contributed by atoms with Crippen molar-refractivity contribution in [3.05, 3.63) is 71.3 Å². The van der Waals surface area contributed by atoms with Crippen molar-refractivity contribution in [1.82, 2.24) is 0 Å². The van der Waals surface area contributed by atoms with E-state index < -0.39 is 6.29 Å². The van der Waals surface area contributed by atoms with Gasteiger partial charge in [0.15, 0.2) is 6.29 Å². The Labute approximate surface area is 118 Å². The minimum Gasteiger partial charge on any atom is -0.394 e. The van der Waals surface area contributed by atoms with Crippen LogP contribution in [0, 0.1) is 6.92 Å². The molecule has 0 bridgehead atoms. The van der Waals surface area contributed by atoms with E-state index in [4.69, 9.17) is 9.47 Å². The van der Waals surface area contributed by atoms with Crippen LogP contribution in [-0.4, -0.2) is 17.8 Å². The summed E-state index contributed by atoms with van der Waals surface area (Å²) in [5.74, 6) is 0. The van der Waals surface area contributed by atoms with Crippen LogP contribution in [0.2, 0.25) is 0 Å². The highest BCUT2D eigenvalue weighted by Gasteiger charge is 2.37. The summed E-state index contributed by atoms with van der Waals surface area (Å²) in [5.41, 5.74) is 3.19. The average molecular weight is 270 g/mol. The smallest absolute Gasteiger partial charge is 0.185 e. The van der Waals surface area contributed by atoms with Crippen molar-refractivity contribution < 1.29 is 14.6 Å². The lowest BCUT2D eigenvalue weighted by Gasteiger charge is -2.16. The Morgan fingerprint density at radius 2 is 1.65 bits per heavy atom. The first-order chi connectivity index (χ1) is 9.79. The largest absolute Gasteiger partial charge is 0.394 e. The summed E-state index contributed by atoms with van der Waals surface area (Å²) in [6, 6.07) is 17.9. The van der Waals surface area contributed by atoms with Gasteiger partial charge in [-0.05, 0) is 18.1 Å². The second-order valence-electron chi connectivity index (χ2n) is 5.01. The van der Waals surface area contributed by atoms with Gasteiger partial charge in [-0.15, -0.1) is 0 Å². The van der Waals surface area contributed by atoms with Crippen LogP contribution >= 0.6 is 0 Å². The van der Waals surface area contributed by atoms with Crippen LogP contribution in [0.15, 0.2) is 54.6 Å². The second-order valence-corrected chi connectivity index (χ2v) is 5.01. The van der Waals surface area contributed by atoms with E-state index >= 15 is 0 Å². The van der Waals surface area contributed by atoms with Crippen LogP contribution in [0.1, 0.15) is 29.1 Å². The first-order valence-electron chi connectivity index (χ1n) is 6.82. The van der Waals surface area contributed by atoms with Crippen LogP contribution in [0.3, 0.4) is 0 Å². The second kappa shape index (κ2) is 5.75. The zero-order valence-corrected chi connectivity index (χ0v) is 11.4. The molecule has 1 N–H and O–H groups in total. The van der Waals surface area contributed by atoms with Gasteiger partial charge in [-0.2, -0.15) is 0 Å². The lowest BCUT2D eigenvalue weighted by Crippen LogP contribution is -2.20. The minimum atomic E-state index is -0.419. The first kappa shape index (κ1) is 13.3. The van der Waals surface area contributed by atoms with E-state index in [1.54, 1.807) is 0 Å². The lowest BCUT2D eigenvalue weighted by molar-refractivity contribution is -0.0739. The number of aliphatic hydroxyl groups excluding tert-OH is 1. The van der Waals surface area contributed by atoms with Gasteiger partial charge in [0.05, 0.1) is 6.61 Å². The molecule has 2 unspecified atom stereocenters. The highest BCUT2D eigenvalue weighted by Crippen LogP contribution is 2.40. The molecule has 3 rings (SSSR count). The fourth-order valence-corrected chi connectivity index (χ4v) is 2.57. The topological polar surface area (TPSA) is 38.7 Å². The van der Waals surface area contributed by atoms with Crippen molar-refractivity contribution in [2.24, 2.45) is 0 Å². The molecule has 1 fully saturated rings. The van der Waals surface area contributed by atoms with Gasteiger partial charge in [0.2, 0.25) is 0 Å². The molecule has 0 amide bonds. The Hall–Kier alpha value is -1.68. The molecule has 0 radical (unpaired) electrons. The van der Waals surface area contributed by atoms with Crippen LogP contribution in [0.25, 0.3) is 0 Å². The summed E-state index contributed by atoms with van der Waals surface area (Å²) in [6.07, 6.45) is -0.981. The molecule has 1 saturated heterocycles. The van der Waals surface area contributed by atoms with Crippen LogP contribution in [0.4, 0.5) is 0 Å². The summed E-state index contributed by atoms with van der Waals surface area (Å²) >= 11 is 0. The van der Waals surface area contributed by atoms with Gasteiger partial charge >= 0.3 is 0 Å². The SMILES string of the molecule is Cc1ccccc1[C@@H]1OC(c2ccccc2)OC1CO. The molecule has 3 atom stereocenters. The van der Waals surface area contributed by atoms with Gasteiger partial charge in [-0.1, -0.05) is 54.6 Å². The first-order valence-corrected chi connectivity index (χ1v) is 6.82. The Bertz CT molecular complexity index is 567. The van der Waals surface area contributed by atoms with Crippen molar-refractivity contribution in [3.63, 3.8) is 0 Å². The summed E-state index contributed by atoms with van der Waals surface area (Å²) in [6.45, 7) is 1.99. The molecule has 2 aromatic carbocycles. The molecule has 3 nitrogen and oxygen atoms in total. The number of aryl methyl sites for hydroxylation is 1. The fraction of sp³-hybridized carbons (Fsp3) is 0.294. The molecule has 3 heteroatoms. The van der Waals surface area contributed by atoms with E-state index in [0.717, 1.165) is 16.7 Å². The van der Waals surface area contributed by atoms with Crippen LogP contribution in [0.5, 0.6) is 0 Å². The zero-order chi connectivity index (χ0) is 13.9. The molecule has 104 valence electrons. The van der Waals surface area contributed by atoms with E-state index in [-0.39, 0.29) is 18.8 Å². The average Bonchev–Trinajstić information content (AvgIpc) is 2.93. The standard InChI is InChI=1S/C17H18O3/c1-12-7-5-6-10-14(12)16-15(11-18)19-17(20-16)13-8-3-2-4-9-13/h2-10,15-18H,11H2,1H3/t15?,16-,17?/m0/s1. The third kappa shape index (κ3) is 2.48. The molecule has 1 aliphatic rings. The van der Waals surface area contributed by atoms with Crippen LogP contribution in [-0.2, 0) is 9.47 Å². The molecule has 2 aromatic rings. The van der Waals surface area contributed by atoms with Gasteiger partial charge in [0.1, 0.15) is 12.2 Å². The Morgan fingerprint density at radius 3 is 2.35 bits per heavy atom. The number of ether oxygens (including phenoxy) is 2. The van der Waals surface area contributed by atoms with E-state index in [2.05, 4.69) is 0 Å². The quantitative estimate of drug-likeness (QED) is 0.931. The molecule has 0 saturated carbocycles. The molecule has 0 spiro atoms. The minimum absolute atomic E-state index is 0.0532. The fourth-order valence-electron chi connectivity index (χ4n) is 2.57. The predicted molar refractivity (Wildman–Crippen MR) is 76.1 cm³/mol. The normalized spacial score (nSPS) is 25.8. The molecule has 1 aliphatic heterocycles. The number of aliphatic hydroxyl groups is 1. The number of hydrogen-bond acceptors (Lipinski definition) is 3. The summed E-state index contributed by atoms with van der Waals surface area (Å²) < 4.78 is 11.9. The number of rotatable bonds is 3. The van der Waals surface area contributed by atoms with Gasteiger partial charge in [-0.3, -0.25) is 0 Å². The molecular weight excluding hydrogens is 252 g/mol. The molecular formula is C17H18O3. The zero-order valence-electron chi connectivity index (χ0n) is 11.4. The molecule has 1 heterocycles. The van der Waals surface area contributed by atoms with Gasteiger partial charge < -0.3 is 14.6 Å². The maximum atomic E-state index is 9.55. The summed E-state index contributed by atoms with van der Waals surface area (Å²) in [5, 5.41) is 9.55. The van der Waals surface area contributed by atoms with E-state index in [9.17, 15) is 5.11 Å². The Kier molecular flexibility index (Phi) is 3.83. The third-order valence-corrected chi connectivity index (χ3v) is 3.65. The monoisotopic (exact) mass is 270 g/mol. The highest BCUT2D eigenvalue weighted by atomic mass is 16.7. The Morgan fingerprint density at radius 1 is 0.950 bits per heavy atom. The Balaban J connectivity index is 1.87. The lowest BCUT2D eigenvalue weighted by atomic mass is 10.00. The number of benzene rings is 2. The van der Waals surface area contributed by atoms with Crippen molar-refractivity contribution in [2.45, 2.75) is 25.4 Å². The van der Waals surface area contributed by atoms with Crippen molar-refractivity contribution >= 4 is 0 Å². The maximum Gasteiger partial charge on any atom is 0.185 e.